The number of aromatic nitrogens is 3. The maximum absolute atomic E-state index is 10.9. The molecule has 13 heavy (non-hydrogen) atoms. The Kier molecular flexibility index (Phi) is 3.16. The summed E-state index contributed by atoms with van der Waals surface area (Å²) in [5.41, 5.74) is 0. The summed E-state index contributed by atoms with van der Waals surface area (Å²) in [5.74, 6) is 0.285. The van der Waals surface area contributed by atoms with Gasteiger partial charge in [-0.05, 0) is 0 Å². The van der Waals surface area contributed by atoms with Gasteiger partial charge in [-0.25, -0.2) is 9.59 Å². The Balaban J connectivity index is 2.30. The molecule has 0 aliphatic heterocycles. The third-order valence-corrected chi connectivity index (χ3v) is 1.04. The van der Waals surface area contributed by atoms with Crippen molar-refractivity contribution >= 4 is 17.9 Å². The smallest absolute Gasteiger partial charge is 0.318 e. The minimum absolute atomic E-state index is 0.118. The van der Waals surface area contributed by atoms with E-state index in [2.05, 4.69) is 31.0 Å². The molecule has 0 unspecified atom stereocenters. The zero-order valence-electron chi connectivity index (χ0n) is 6.44. The van der Waals surface area contributed by atoms with E-state index in [0.717, 1.165) is 0 Å². The van der Waals surface area contributed by atoms with Crippen LogP contribution in [0.15, 0.2) is 11.2 Å². The predicted octanol–water partition coefficient (Wildman–Crippen LogP) is -0.781. The van der Waals surface area contributed by atoms with E-state index in [4.69, 9.17) is 0 Å². The fraction of sp³-hybridized carbons (Fsp3) is 0.200. The topological polar surface area (TPSA) is 112 Å². The minimum atomic E-state index is -0.520. The van der Waals surface area contributed by atoms with E-state index in [1.807, 2.05) is 0 Å². The predicted molar refractivity (Wildman–Crippen MR) is 41.5 cm³/mol. The molecule has 1 rings (SSSR count). The van der Waals surface area contributed by atoms with Crippen molar-refractivity contribution in [2.24, 2.45) is 4.99 Å². The van der Waals surface area contributed by atoms with Crippen molar-refractivity contribution in [2.75, 3.05) is 12.0 Å². The molecule has 1 aromatic heterocycles. The molecule has 0 aliphatic carbocycles. The van der Waals surface area contributed by atoms with E-state index >= 15 is 0 Å². The number of amides is 2. The summed E-state index contributed by atoms with van der Waals surface area (Å²) in [6, 6.07) is -0.520. The van der Waals surface area contributed by atoms with Gasteiger partial charge >= 0.3 is 6.03 Å². The average Bonchev–Trinajstić information content (AvgIpc) is 2.57. The fourth-order valence-electron chi connectivity index (χ4n) is 0.566. The third-order valence-electron chi connectivity index (χ3n) is 1.04. The van der Waals surface area contributed by atoms with E-state index in [1.165, 1.54) is 12.3 Å². The lowest BCUT2D eigenvalue weighted by atomic mass is 10.7. The number of aliphatic imine (C=N–C) groups is 1. The lowest BCUT2D eigenvalue weighted by molar-refractivity contribution is 0.252. The Morgan fingerprint density at radius 3 is 3.23 bits per heavy atom. The first kappa shape index (κ1) is 8.88. The maximum Gasteiger partial charge on any atom is 0.321 e. The highest BCUT2D eigenvalue weighted by Crippen LogP contribution is 1.93. The van der Waals surface area contributed by atoms with E-state index in [1.54, 1.807) is 0 Å². The Bertz CT molecular complexity index is 314. The molecule has 0 saturated heterocycles. The molecule has 0 fully saturated rings. The number of anilines is 1. The highest BCUT2D eigenvalue weighted by atomic mass is 16.2. The molecule has 8 nitrogen and oxygen atoms in total. The molecule has 0 bridgehead atoms. The number of hydrogen-bond acceptors (Lipinski definition) is 5. The van der Waals surface area contributed by atoms with Gasteiger partial charge in [-0.1, -0.05) is 0 Å². The first-order chi connectivity index (χ1) is 6.33. The number of carbonyl (C=O) groups is 1. The molecule has 1 aromatic rings. The van der Waals surface area contributed by atoms with E-state index in [-0.39, 0.29) is 12.5 Å². The van der Waals surface area contributed by atoms with Crippen molar-refractivity contribution in [3.05, 3.63) is 6.20 Å². The van der Waals surface area contributed by atoms with Gasteiger partial charge < -0.3 is 5.32 Å². The monoisotopic (exact) mass is 182 g/mol. The zero-order valence-corrected chi connectivity index (χ0v) is 6.44. The molecule has 0 saturated carbocycles. The molecule has 0 spiro atoms. The van der Waals surface area contributed by atoms with Crippen LogP contribution in [0, 0.1) is 0 Å². The largest absolute Gasteiger partial charge is 0.321 e. The lowest BCUT2D eigenvalue weighted by Gasteiger charge is -1.99. The molecule has 8 heteroatoms. The molecular formula is C5H6N6O2. The van der Waals surface area contributed by atoms with Crippen LogP contribution < -0.4 is 10.6 Å². The average molecular weight is 182 g/mol. The lowest BCUT2D eigenvalue weighted by Crippen LogP contribution is -2.28. The van der Waals surface area contributed by atoms with Gasteiger partial charge in [0.2, 0.25) is 6.08 Å². The van der Waals surface area contributed by atoms with Crippen molar-refractivity contribution in [3.63, 3.8) is 0 Å². The van der Waals surface area contributed by atoms with Crippen molar-refractivity contribution in [1.29, 1.82) is 0 Å². The second-order valence-electron chi connectivity index (χ2n) is 1.89. The van der Waals surface area contributed by atoms with E-state index < -0.39 is 6.03 Å². The second kappa shape index (κ2) is 4.62. The van der Waals surface area contributed by atoms with Crippen LogP contribution in [0.5, 0.6) is 0 Å². The van der Waals surface area contributed by atoms with Gasteiger partial charge in [-0.3, -0.25) is 5.32 Å². The summed E-state index contributed by atoms with van der Waals surface area (Å²) >= 11 is 0. The first-order valence-electron chi connectivity index (χ1n) is 3.27. The molecule has 0 atom stereocenters. The quantitative estimate of drug-likeness (QED) is 0.420. The van der Waals surface area contributed by atoms with Gasteiger partial charge in [-0.2, -0.15) is 15.3 Å². The Morgan fingerprint density at radius 2 is 2.62 bits per heavy atom. The van der Waals surface area contributed by atoms with Crippen LogP contribution in [0.4, 0.5) is 10.6 Å². The molecule has 1 heterocycles. The molecule has 3 N–H and O–H groups in total. The van der Waals surface area contributed by atoms with Gasteiger partial charge in [0.1, 0.15) is 6.67 Å². The van der Waals surface area contributed by atoms with Crippen LogP contribution in [0.25, 0.3) is 0 Å². The van der Waals surface area contributed by atoms with Crippen LogP contribution in [0.1, 0.15) is 0 Å². The molecule has 2 amide bonds. The SMILES string of the molecule is O=C=NCNC(=O)Nc1cn[nH]n1. The number of nitrogens with zero attached hydrogens (tertiary/aromatic N) is 3. The second-order valence-corrected chi connectivity index (χ2v) is 1.89. The highest BCUT2D eigenvalue weighted by Gasteiger charge is 2.00. The van der Waals surface area contributed by atoms with Gasteiger partial charge in [0.25, 0.3) is 0 Å². The number of hydrogen-bond donors (Lipinski definition) is 3. The Labute approximate surface area is 72.4 Å². The number of aromatic amines is 1. The molecule has 0 aliphatic rings. The number of isocyanates is 1. The zero-order chi connectivity index (χ0) is 9.52. The van der Waals surface area contributed by atoms with Crippen LogP contribution >= 0.6 is 0 Å². The van der Waals surface area contributed by atoms with Gasteiger partial charge in [0.15, 0.2) is 5.82 Å². The van der Waals surface area contributed by atoms with Crippen molar-refractivity contribution in [3.8, 4) is 0 Å². The van der Waals surface area contributed by atoms with E-state index in [9.17, 15) is 9.59 Å². The Morgan fingerprint density at radius 1 is 1.77 bits per heavy atom. The third kappa shape index (κ3) is 3.12. The highest BCUT2D eigenvalue weighted by molar-refractivity contribution is 5.87. The van der Waals surface area contributed by atoms with Gasteiger partial charge in [-0.15, -0.1) is 5.10 Å². The van der Waals surface area contributed by atoms with Crippen LogP contribution in [-0.2, 0) is 4.79 Å². The molecule has 68 valence electrons. The molecule has 0 radical (unpaired) electrons. The van der Waals surface area contributed by atoms with Crippen molar-refractivity contribution in [1.82, 2.24) is 20.7 Å². The number of urea groups is 1. The summed E-state index contributed by atoms with van der Waals surface area (Å²) in [7, 11) is 0. The molecule has 0 aromatic carbocycles. The number of nitrogens with one attached hydrogen (secondary N) is 3. The standard InChI is InChI=1S/C5H6N6O2/c12-3-6-2-7-5(13)9-4-1-8-11-10-4/h1H,2H2,(H3,7,8,9,10,11,13). The van der Waals surface area contributed by atoms with Crippen LogP contribution in [0.3, 0.4) is 0 Å². The minimum Gasteiger partial charge on any atom is -0.318 e. The van der Waals surface area contributed by atoms with Gasteiger partial charge in [0, 0.05) is 0 Å². The molecular weight excluding hydrogens is 176 g/mol. The summed E-state index contributed by atoms with van der Waals surface area (Å²) in [5, 5.41) is 13.9. The number of H-pyrrole nitrogens is 1. The number of rotatable bonds is 3. The van der Waals surface area contributed by atoms with E-state index in [0.29, 0.717) is 0 Å². The Hall–Kier alpha value is -2.21. The van der Waals surface area contributed by atoms with Crippen LogP contribution in [0.2, 0.25) is 0 Å². The van der Waals surface area contributed by atoms with Gasteiger partial charge in [0.05, 0.1) is 6.20 Å². The summed E-state index contributed by atoms with van der Waals surface area (Å²) in [6.07, 6.45) is 2.62. The number of carbonyl (C=O) groups excluding carboxylic acids is 2. The normalized spacial score (nSPS) is 8.62. The maximum atomic E-state index is 10.9. The summed E-state index contributed by atoms with van der Waals surface area (Å²) < 4.78 is 0. The summed E-state index contributed by atoms with van der Waals surface area (Å²) in [6.45, 7) is -0.118. The fourth-order valence-corrected chi connectivity index (χ4v) is 0.566. The van der Waals surface area contributed by atoms with Crippen molar-refractivity contribution < 1.29 is 9.59 Å². The van der Waals surface area contributed by atoms with Crippen LogP contribution in [-0.4, -0.2) is 34.2 Å². The first-order valence-corrected chi connectivity index (χ1v) is 3.27. The summed E-state index contributed by atoms with van der Waals surface area (Å²) in [4.78, 5) is 23.6. The van der Waals surface area contributed by atoms with Crippen molar-refractivity contribution in [2.45, 2.75) is 0 Å².